The first-order chi connectivity index (χ1) is 5.84. The number of aliphatic hydroxyl groups excluding tert-OH is 1. The Morgan fingerprint density at radius 1 is 1.17 bits per heavy atom. The van der Waals surface area contributed by atoms with Gasteiger partial charge in [0.1, 0.15) is 0 Å². The number of hydrogen-bond acceptors (Lipinski definition) is 2. The SMILES string of the molecule is OC1CCC(CC2CCOC2)C1. The molecule has 12 heavy (non-hydrogen) atoms. The molecule has 3 atom stereocenters. The second-order valence-electron chi connectivity index (χ2n) is 4.30. The second kappa shape index (κ2) is 3.75. The molecule has 2 rings (SSSR count). The van der Waals surface area contributed by atoms with Crippen molar-refractivity contribution in [1.29, 1.82) is 0 Å². The first-order valence-electron chi connectivity index (χ1n) is 5.10. The van der Waals surface area contributed by atoms with Crippen LogP contribution < -0.4 is 0 Å². The van der Waals surface area contributed by atoms with Gasteiger partial charge in [-0.25, -0.2) is 0 Å². The smallest absolute Gasteiger partial charge is 0.0543 e. The van der Waals surface area contributed by atoms with E-state index in [0.29, 0.717) is 0 Å². The maximum Gasteiger partial charge on any atom is 0.0543 e. The fraction of sp³-hybridized carbons (Fsp3) is 1.00. The van der Waals surface area contributed by atoms with Crippen LogP contribution in [0.5, 0.6) is 0 Å². The molecule has 2 aliphatic rings. The Hall–Kier alpha value is -0.0800. The van der Waals surface area contributed by atoms with E-state index >= 15 is 0 Å². The second-order valence-corrected chi connectivity index (χ2v) is 4.30. The summed E-state index contributed by atoms with van der Waals surface area (Å²) < 4.78 is 5.33. The van der Waals surface area contributed by atoms with Gasteiger partial charge in [0.2, 0.25) is 0 Å². The van der Waals surface area contributed by atoms with Crippen LogP contribution in [0.25, 0.3) is 0 Å². The highest BCUT2D eigenvalue weighted by molar-refractivity contribution is 4.78. The summed E-state index contributed by atoms with van der Waals surface area (Å²) in [7, 11) is 0. The fourth-order valence-electron chi connectivity index (χ4n) is 2.50. The van der Waals surface area contributed by atoms with Crippen LogP contribution in [-0.4, -0.2) is 24.4 Å². The van der Waals surface area contributed by atoms with Crippen molar-refractivity contribution >= 4 is 0 Å². The lowest BCUT2D eigenvalue weighted by Crippen LogP contribution is -2.07. The maximum atomic E-state index is 9.34. The van der Waals surface area contributed by atoms with Gasteiger partial charge >= 0.3 is 0 Å². The molecule has 2 fully saturated rings. The molecule has 0 amide bonds. The van der Waals surface area contributed by atoms with Gasteiger partial charge in [0.25, 0.3) is 0 Å². The van der Waals surface area contributed by atoms with Crippen molar-refractivity contribution in [3.63, 3.8) is 0 Å². The summed E-state index contributed by atoms with van der Waals surface area (Å²) in [5.41, 5.74) is 0. The van der Waals surface area contributed by atoms with Gasteiger partial charge in [0.05, 0.1) is 6.10 Å². The minimum atomic E-state index is -0.00248. The van der Waals surface area contributed by atoms with Gasteiger partial charge in [-0.05, 0) is 43.9 Å². The van der Waals surface area contributed by atoms with E-state index in [0.717, 1.165) is 37.9 Å². The molecule has 0 bridgehead atoms. The van der Waals surface area contributed by atoms with E-state index < -0.39 is 0 Å². The number of rotatable bonds is 2. The average molecular weight is 170 g/mol. The van der Waals surface area contributed by atoms with E-state index in [4.69, 9.17) is 4.74 Å². The lowest BCUT2D eigenvalue weighted by molar-refractivity contribution is 0.167. The molecule has 1 saturated heterocycles. The Bertz CT molecular complexity index is 141. The van der Waals surface area contributed by atoms with E-state index in [1.54, 1.807) is 0 Å². The lowest BCUT2D eigenvalue weighted by Gasteiger charge is -2.13. The first-order valence-corrected chi connectivity index (χ1v) is 5.10. The quantitative estimate of drug-likeness (QED) is 0.681. The Balaban J connectivity index is 1.72. The fourth-order valence-corrected chi connectivity index (χ4v) is 2.50. The van der Waals surface area contributed by atoms with E-state index in [1.165, 1.54) is 19.3 Å². The zero-order chi connectivity index (χ0) is 8.39. The summed E-state index contributed by atoms with van der Waals surface area (Å²) in [5.74, 6) is 1.58. The van der Waals surface area contributed by atoms with Gasteiger partial charge in [-0.3, -0.25) is 0 Å². The van der Waals surface area contributed by atoms with Crippen LogP contribution in [0.4, 0.5) is 0 Å². The third kappa shape index (κ3) is 1.99. The Morgan fingerprint density at radius 3 is 2.67 bits per heavy atom. The topological polar surface area (TPSA) is 29.5 Å². The van der Waals surface area contributed by atoms with Crippen LogP contribution in [0.2, 0.25) is 0 Å². The molecular formula is C10H18O2. The summed E-state index contributed by atoms with van der Waals surface area (Å²) in [4.78, 5) is 0. The molecular weight excluding hydrogens is 152 g/mol. The summed E-state index contributed by atoms with van der Waals surface area (Å²) in [6, 6.07) is 0. The summed E-state index contributed by atoms with van der Waals surface area (Å²) >= 11 is 0. The van der Waals surface area contributed by atoms with Crippen molar-refractivity contribution in [3.8, 4) is 0 Å². The molecule has 0 aromatic carbocycles. The van der Waals surface area contributed by atoms with Crippen molar-refractivity contribution in [1.82, 2.24) is 0 Å². The van der Waals surface area contributed by atoms with Crippen molar-refractivity contribution in [3.05, 3.63) is 0 Å². The minimum Gasteiger partial charge on any atom is -0.393 e. The lowest BCUT2D eigenvalue weighted by atomic mass is 9.93. The molecule has 1 N–H and O–H groups in total. The predicted octanol–water partition coefficient (Wildman–Crippen LogP) is 1.57. The zero-order valence-electron chi connectivity index (χ0n) is 7.54. The van der Waals surface area contributed by atoms with Crippen molar-refractivity contribution in [2.24, 2.45) is 11.8 Å². The normalized spacial score (nSPS) is 42.2. The van der Waals surface area contributed by atoms with E-state index in [9.17, 15) is 5.11 Å². The molecule has 70 valence electrons. The summed E-state index contributed by atoms with van der Waals surface area (Å²) in [6.07, 6.45) is 5.83. The molecule has 1 saturated carbocycles. The van der Waals surface area contributed by atoms with Crippen LogP contribution in [0.3, 0.4) is 0 Å². The highest BCUT2D eigenvalue weighted by Crippen LogP contribution is 2.32. The van der Waals surface area contributed by atoms with Gasteiger partial charge in [-0.2, -0.15) is 0 Å². The molecule has 1 aliphatic heterocycles. The largest absolute Gasteiger partial charge is 0.393 e. The monoisotopic (exact) mass is 170 g/mol. The van der Waals surface area contributed by atoms with Crippen LogP contribution in [0.1, 0.15) is 32.1 Å². The maximum absolute atomic E-state index is 9.34. The van der Waals surface area contributed by atoms with Gasteiger partial charge in [0, 0.05) is 13.2 Å². The third-order valence-electron chi connectivity index (χ3n) is 3.20. The van der Waals surface area contributed by atoms with Crippen LogP contribution in [-0.2, 0) is 4.74 Å². The number of ether oxygens (including phenoxy) is 1. The van der Waals surface area contributed by atoms with E-state index in [1.807, 2.05) is 0 Å². The molecule has 3 unspecified atom stereocenters. The molecule has 0 spiro atoms. The van der Waals surface area contributed by atoms with Crippen LogP contribution in [0.15, 0.2) is 0 Å². The molecule has 2 nitrogen and oxygen atoms in total. The zero-order valence-corrected chi connectivity index (χ0v) is 7.54. The van der Waals surface area contributed by atoms with Crippen molar-refractivity contribution < 1.29 is 9.84 Å². The Morgan fingerprint density at radius 2 is 2.08 bits per heavy atom. The van der Waals surface area contributed by atoms with Crippen LogP contribution in [0, 0.1) is 11.8 Å². The molecule has 0 radical (unpaired) electrons. The Labute approximate surface area is 73.9 Å². The predicted molar refractivity (Wildman–Crippen MR) is 46.9 cm³/mol. The average Bonchev–Trinajstić information content (AvgIpc) is 2.63. The van der Waals surface area contributed by atoms with Crippen molar-refractivity contribution in [2.75, 3.05) is 13.2 Å². The molecule has 0 aromatic heterocycles. The van der Waals surface area contributed by atoms with E-state index in [-0.39, 0.29) is 6.10 Å². The number of aliphatic hydroxyl groups is 1. The Kier molecular flexibility index (Phi) is 2.66. The molecule has 2 heteroatoms. The van der Waals surface area contributed by atoms with Crippen molar-refractivity contribution in [2.45, 2.75) is 38.2 Å². The molecule has 1 heterocycles. The van der Waals surface area contributed by atoms with Gasteiger partial charge in [-0.1, -0.05) is 0 Å². The highest BCUT2D eigenvalue weighted by atomic mass is 16.5. The third-order valence-corrected chi connectivity index (χ3v) is 3.20. The van der Waals surface area contributed by atoms with Gasteiger partial charge in [-0.15, -0.1) is 0 Å². The highest BCUT2D eigenvalue weighted by Gasteiger charge is 2.26. The standard InChI is InChI=1S/C10H18O2/c11-10-2-1-8(6-10)5-9-3-4-12-7-9/h8-11H,1-7H2. The summed E-state index contributed by atoms with van der Waals surface area (Å²) in [5, 5.41) is 9.34. The summed E-state index contributed by atoms with van der Waals surface area (Å²) in [6.45, 7) is 1.92. The number of hydrogen-bond donors (Lipinski definition) is 1. The van der Waals surface area contributed by atoms with Gasteiger partial charge in [0.15, 0.2) is 0 Å². The first kappa shape index (κ1) is 8.52. The van der Waals surface area contributed by atoms with Crippen LogP contribution >= 0.6 is 0 Å². The molecule has 0 aromatic rings. The molecule has 1 aliphatic carbocycles. The minimum absolute atomic E-state index is 0.00248. The van der Waals surface area contributed by atoms with Gasteiger partial charge < -0.3 is 9.84 Å². The van der Waals surface area contributed by atoms with E-state index in [2.05, 4.69) is 0 Å².